The maximum atomic E-state index is 12.6. The van der Waals surface area contributed by atoms with Gasteiger partial charge in [0.05, 0.1) is 13.1 Å². The SMILES string of the molecule is C#CCN1C(=O)C2NC(c3ccc(NCC(=O)c4cccnc4)nc3)=NC2N(C)C1=O. The number of aromatic nitrogens is 2. The molecule has 0 aromatic carbocycles. The molecule has 2 unspecified atom stereocenters. The van der Waals surface area contributed by atoms with Crippen LogP contribution in [-0.2, 0) is 4.79 Å². The lowest BCUT2D eigenvalue weighted by molar-refractivity contribution is -0.133. The topological polar surface area (TPSA) is 120 Å². The summed E-state index contributed by atoms with van der Waals surface area (Å²) in [6.07, 6.45) is 9.31. The third-order valence-corrected chi connectivity index (χ3v) is 5.01. The van der Waals surface area contributed by atoms with Crippen LogP contribution in [-0.4, -0.2) is 75.7 Å². The van der Waals surface area contributed by atoms with E-state index in [0.29, 0.717) is 22.8 Å². The minimum atomic E-state index is -0.707. The fourth-order valence-electron chi connectivity index (χ4n) is 3.36. The third-order valence-electron chi connectivity index (χ3n) is 5.01. The van der Waals surface area contributed by atoms with Gasteiger partial charge in [0, 0.05) is 36.8 Å². The number of hydrogen-bond donors (Lipinski definition) is 2. The number of pyridine rings is 2. The summed E-state index contributed by atoms with van der Waals surface area (Å²) in [5.74, 6) is 2.78. The Labute approximate surface area is 178 Å². The van der Waals surface area contributed by atoms with Crippen LogP contribution in [0.4, 0.5) is 10.6 Å². The van der Waals surface area contributed by atoms with E-state index in [4.69, 9.17) is 6.42 Å². The maximum absolute atomic E-state index is 12.6. The second-order valence-electron chi connectivity index (χ2n) is 6.99. The van der Waals surface area contributed by atoms with Crippen LogP contribution in [0.1, 0.15) is 15.9 Å². The van der Waals surface area contributed by atoms with E-state index < -0.39 is 24.1 Å². The van der Waals surface area contributed by atoms with Crippen LogP contribution in [0.3, 0.4) is 0 Å². The van der Waals surface area contributed by atoms with Crippen LogP contribution in [0, 0.1) is 12.3 Å². The summed E-state index contributed by atoms with van der Waals surface area (Å²) in [5.41, 5.74) is 1.16. The number of Topliss-reactive ketones (excluding diaryl/α,β-unsaturated/α-hetero) is 1. The van der Waals surface area contributed by atoms with E-state index >= 15 is 0 Å². The lowest BCUT2D eigenvalue weighted by atomic mass is 10.1. The first kappa shape index (κ1) is 20.0. The van der Waals surface area contributed by atoms with E-state index in [9.17, 15) is 14.4 Å². The van der Waals surface area contributed by atoms with Gasteiger partial charge in [-0.2, -0.15) is 0 Å². The molecule has 1 saturated heterocycles. The van der Waals surface area contributed by atoms with E-state index in [1.807, 2.05) is 0 Å². The van der Waals surface area contributed by atoms with Gasteiger partial charge in [0.1, 0.15) is 17.7 Å². The number of nitrogens with one attached hydrogen (secondary N) is 2. The largest absolute Gasteiger partial charge is 0.363 e. The highest BCUT2D eigenvalue weighted by Crippen LogP contribution is 2.23. The third kappa shape index (κ3) is 3.81. The van der Waals surface area contributed by atoms with Crippen LogP contribution in [0.5, 0.6) is 0 Å². The maximum Gasteiger partial charge on any atom is 0.329 e. The highest BCUT2D eigenvalue weighted by atomic mass is 16.2. The number of urea groups is 1. The van der Waals surface area contributed by atoms with Gasteiger partial charge in [-0.25, -0.2) is 14.8 Å². The predicted octanol–water partition coefficient (Wildman–Crippen LogP) is 0.343. The molecule has 4 rings (SSSR count). The first-order chi connectivity index (χ1) is 15.0. The standard InChI is InChI=1S/C21H19N7O3/c1-3-9-28-20(30)17-19(27(2)21(28)31)26-18(25-17)14-6-7-16(23-11-14)24-12-15(29)13-5-4-8-22-10-13/h1,4-8,10-11,17,19H,9,12H2,2H3,(H,23,24)(H,25,26). The van der Waals surface area contributed by atoms with Crippen molar-refractivity contribution in [1.29, 1.82) is 0 Å². The second kappa shape index (κ2) is 8.23. The number of imide groups is 1. The summed E-state index contributed by atoms with van der Waals surface area (Å²) in [7, 11) is 1.58. The first-order valence-corrected chi connectivity index (χ1v) is 9.49. The van der Waals surface area contributed by atoms with Crippen molar-refractivity contribution in [3.8, 4) is 12.3 Å². The summed E-state index contributed by atoms with van der Waals surface area (Å²) in [6, 6.07) is 5.69. The van der Waals surface area contributed by atoms with Crippen LogP contribution >= 0.6 is 0 Å². The molecule has 156 valence electrons. The Kier molecular flexibility index (Phi) is 5.32. The molecule has 2 N–H and O–H groups in total. The normalized spacial score (nSPS) is 19.9. The number of carbonyl (C=O) groups is 3. The van der Waals surface area contributed by atoms with Crippen LogP contribution < -0.4 is 10.6 Å². The van der Waals surface area contributed by atoms with Crippen LogP contribution in [0.25, 0.3) is 0 Å². The van der Waals surface area contributed by atoms with Gasteiger partial charge < -0.3 is 15.5 Å². The average Bonchev–Trinajstić information content (AvgIpc) is 3.26. The molecule has 2 aliphatic rings. The second-order valence-corrected chi connectivity index (χ2v) is 6.99. The number of fused-ring (bicyclic) bond motifs is 1. The monoisotopic (exact) mass is 417 g/mol. The number of hydrogen-bond acceptors (Lipinski definition) is 8. The van der Waals surface area contributed by atoms with E-state index in [1.54, 1.807) is 43.7 Å². The minimum Gasteiger partial charge on any atom is -0.363 e. The average molecular weight is 417 g/mol. The molecule has 0 spiro atoms. The van der Waals surface area contributed by atoms with Crippen molar-refractivity contribution in [1.82, 2.24) is 25.1 Å². The fraction of sp³-hybridized carbons (Fsp3) is 0.238. The Balaban J connectivity index is 1.43. The molecule has 31 heavy (non-hydrogen) atoms. The number of amidine groups is 1. The van der Waals surface area contributed by atoms with Crippen LogP contribution in [0.15, 0.2) is 47.8 Å². The van der Waals surface area contributed by atoms with Crippen molar-refractivity contribution in [2.24, 2.45) is 4.99 Å². The van der Waals surface area contributed by atoms with Gasteiger partial charge >= 0.3 is 6.03 Å². The van der Waals surface area contributed by atoms with Gasteiger partial charge in [-0.15, -0.1) is 6.42 Å². The molecule has 0 saturated carbocycles. The fourth-order valence-corrected chi connectivity index (χ4v) is 3.36. The molecule has 10 heteroatoms. The van der Waals surface area contributed by atoms with Gasteiger partial charge in [-0.3, -0.25) is 19.5 Å². The molecule has 4 heterocycles. The summed E-state index contributed by atoms with van der Waals surface area (Å²) in [5, 5.41) is 6.03. The zero-order valence-electron chi connectivity index (χ0n) is 16.6. The number of anilines is 1. The van der Waals surface area contributed by atoms with Crippen LogP contribution in [0.2, 0.25) is 0 Å². The number of carbonyl (C=O) groups excluding carboxylic acids is 3. The Hall–Kier alpha value is -4.26. The van der Waals surface area contributed by atoms with E-state index in [1.165, 1.54) is 11.1 Å². The molecule has 0 bridgehead atoms. The summed E-state index contributed by atoms with van der Waals surface area (Å²) in [6.45, 7) is -0.0181. The molecule has 3 amide bonds. The number of amides is 3. The number of rotatable bonds is 6. The van der Waals surface area contributed by atoms with E-state index in [2.05, 4.69) is 31.5 Å². The molecule has 2 aromatic rings. The molecule has 2 aliphatic heterocycles. The number of nitrogens with zero attached hydrogens (tertiary/aromatic N) is 5. The van der Waals surface area contributed by atoms with Gasteiger partial charge in [0.15, 0.2) is 11.9 Å². The molecular weight excluding hydrogens is 398 g/mol. The highest BCUT2D eigenvalue weighted by molar-refractivity contribution is 6.08. The molecule has 0 aliphatic carbocycles. The smallest absolute Gasteiger partial charge is 0.329 e. The van der Waals surface area contributed by atoms with Crippen molar-refractivity contribution < 1.29 is 14.4 Å². The molecular formula is C21H19N7O3. The Morgan fingerprint density at radius 3 is 2.81 bits per heavy atom. The lowest BCUT2D eigenvalue weighted by Crippen LogP contribution is -2.64. The number of terminal acetylenes is 1. The zero-order valence-corrected chi connectivity index (χ0v) is 16.6. The van der Waals surface area contributed by atoms with Crippen molar-refractivity contribution in [3.63, 3.8) is 0 Å². The van der Waals surface area contributed by atoms with Crippen molar-refractivity contribution >= 4 is 29.4 Å². The van der Waals surface area contributed by atoms with Crippen molar-refractivity contribution in [3.05, 3.63) is 54.0 Å². The Morgan fingerprint density at radius 1 is 1.29 bits per heavy atom. The van der Waals surface area contributed by atoms with Gasteiger partial charge in [0.2, 0.25) is 0 Å². The molecule has 10 nitrogen and oxygen atoms in total. The predicted molar refractivity (Wildman–Crippen MR) is 112 cm³/mol. The van der Waals surface area contributed by atoms with Gasteiger partial charge in [0.25, 0.3) is 5.91 Å². The summed E-state index contributed by atoms with van der Waals surface area (Å²) < 4.78 is 0. The zero-order chi connectivity index (χ0) is 22.0. The van der Waals surface area contributed by atoms with Gasteiger partial charge in [-0.05, 0) is 24.3 Å². The highest BCUT2D eigenvalue weighted by Gasteiger charge is 2.48. The number of aliphatic imine (C=N–C) groups is 1. The Morgan fingerprint density at radius 2 is 2.13 bits per heavy atom. The van der Waals surface area contributed by atoms with E-state index in [-0.39, 0.29) is 18.9 Å². The number of ketones is 1. The summed E-state index contributed by atoms with van der Waals surface area (Å²) >= 11 is 0. The Bertz CT molecular complexity index is 1090. The van der Waals surface area contributed by atoms with Crippen molar-refractivity contribution in [2.75, 3.05) is 25.5 Å². The molecule has 0 radical (unpaired) electrons. The van der Waals surface area contributed by atoms with E-state index in [0.717, 1.165) is 4.90 Å². The quantitative estimate of drug-likeness (QED) is 0.514. The van der Waals surface area contributed by atoms with Gasteiger partial charge in [-0.1, -0.05) is 5.92 Å². The molecule has 2 atom stereocenters. The van der Waals surface area contributed by atoms with Crippen molar-refractivity contribution in [2.45, 2.75) is 12.2 Å². The lowest BCUT2D eigenvalue weighted by Gasteiger charge is -2.37. The minimum absolute atomic E-state index is 0.0772. The first-order valence-electron chi connectivity index (χ1n) is 9.49. The summed E-state index contributed by atoms with van der Waals surface area (Å²) in [4.78, 5) is 52.3. The molecule has 2 aromatic heterocycles. The number of likely N-dealkylation sites (N-methyl/N-ethyl adjacent to an activating group) is 1. The molecule has 1 fully saturated rings.